The SMILES string of the molecule is CCc1ccc(N(c2ccccc2)c2c3c(c(-c4cccc5ccccc45)c4ccccc24)=CC=CCC=3)c2ccccc12. The Morgan fingerprint density at radius 1 is 0.568 bits per heavy atom. The molecule has 0 saturated carbocycles. The average molecular weight is 564 g/mol. The van der Waals surface area contributed by atoms with E-state index in [2.05, 4.69) is 170 Å². The van der Waals surface area contributed by atoms with Crippen LogP contribution in [0.15, 0.2) is 146 Å². The maximum absolute atomic E-state index is 2.51. The summed E-state index contributed by atoms with van der Waals surface area (Å²) in [5.74, 6) is 0. The molecule has 210 valence electrons. The lowest BCUT2D eigenvalue weighted by Gasteiger charge is -2.30. The zero-order valence-corrected chi connectivity index (χ0v) is 24.9. The van der Waals surface area contributed by atoms with Gasteiger partial charge in [-0.25, -0.2) is 0 Å². The van der Waals surface area contributed by atoms with Crippen molar-refractivity contribution < 1.29 is 0 Å². The van der Waals surface area contributed by atoms with Crippen LogP contribution in [0.25, 0.3) is 55.6 Å². The number of anilines is 3. The molecule has 0 aliphatic heterocycles. The molecule has 0 aromatic heterocycles. The summed E-state index contributed by atoms with van der Waals surface area (Å²) in [4.78, 5) is 2.51. The second-order valence-corrected chi connectivity index (χ2v) is 11.5. The number of nitrogens with zero attached hydrogens (tertiary/aromatic N) is 1. The summed E-state index contributed by atoms with van der Waals surface area (Å²) in [5, 5.41) is 10.1. The summed E-state index contributed by atoms with van der Waals surface area (Å²) in [6.07, 6.45) is 11.1. The first kappa shape index (κ1) is 26.2. The summed E-state index contributed by atoms with van der Waals surface area (Å²) in [6, 6.07) is 48.8. The van der Waals surface area contributed by atoms with Gasteiger partial charge in [0, 0.05) is 21.7 Å². The highest BCUT2D eigenvalue weighted by atomic mass is 15.1. The number of allylic oxidation sites excluding steroid dienone is 2. The van der Waals surface area contributed by atoms with Gasteiger partial charge in [0.1, 0.15) is 0 Å². The highest BCUT2D eigenvalue weighted by molar-refractivity contribution is 6.12. The minimum atomic E-state index is 0.877. The van der Waals surface area contributed by atoms with Gasteiger partial charge in [-0.15, -0.1) is 0 Å². The van der Waals surface area contributed by atoms with Crippen molar-refractivity contribution in [1.82, 2.24) is 0 Å². The molecule has 0 N–H and O–H groups in total. The molecule has 0 radical (unpaired) electrons. The Morgan fingerprint density at radius 2 is 1.25 bits per heavy atom. The van der Waals surface area contributed by atoms with Crippen molar-refractivity contribution in [3.05, 3.63) is 162 Å². The fraction of sp³-hybridized carbons (Fsp3) is 0.0698. The molecule has 44 heavy (non-hydrogen) atoms. The predicted octanol–water partition coefficient (Wildman–Crippen LogP) is 10.4. The number of fused-ring (bicyclic) bond motifs is 4. The number of rotatable bonds is 5. The Bertz CT molecular complexity index is 2340. The van der Waals surface area contributed by atoms with Gasteiger partial charge in [-0.1, -0.05) is 146 Å². The molecule has 0 amide bonds. The Labute approximate surface area is 258 Å². The Kier molecular flexibility index (Phi) is 6.57. The summed E-state index contributed by atoms with van der Waals surface area (Å²) in [7, 11) is 0. The summed E-state index contributed by atoms with van der Waals surface area (Å²) in [5.41, 5.74) is 7.50. The summed E-state index contributed by atoms with van der Waals surface area (Å²) in [6.45, 7) is 2.24. The van der Waals surface area contributed by atoms with Crippen molar-refractivity contribution in [3.8, 4) is 11.1 Å². The van der Waals surface area contributed by atoms with Crippen molar-refractivity contribution in [3.63, 3.8) is 0 Å². The van der Waals surface area contributed by atoms with Crippen LogP contribution in [0.1, 0.15) is 18.9 Å². The van der Waals surface area contributed by atoms with Gasteiger partial charge in [-0.05, 0) is 74.5 Å². The fourth-order valence-electron chi connectivity index (χ4n) is 7.06. The highest BCUT2D eigenvalue weighted by Gasteiger charge is 2.23. The second-order valence-electron chi connectivity index (χ2n) is 11.5. The number of hydrogen-bond donors (Lipinski definition) is 0. The average Bonchev–Trinajstić information content (AvgIpc) is 3.34. The van der Waals surface area contributed by atoms with Gasteiger partial charge in [-0.3, -0.25) is 0 Å². The molecule has 0 saturated heterocycles. The first-order chi connectivity index (χ1) is 21.8. The molecule has 1 aliphatic carbocycles. The van der Waals surface area contributed by atoms with Crippen molar-refractivity contribution in [2.24, 2.45) is 0 Å². The van der Waals surface area contributed by atoms with Gasteiger partial charge >= 0.3 is 0 Å². The first-order valence-electron chi connectivity index (χ1n) is 15.6. The molecule has 0 heterocycles. The van der Waals surface area contributed by atoms with Gasteiger partial charge < -0.3 is 4.90 Å². The molecule has 7 aromatic rings. The van der Waals surface area contributed by atoms with Crippen molar-refractivity contribution in [2.75, 3.05) is 4.90 Å². The van der Waals surface area contributed by atoms with Crippen LogP contribution in [-0.2, 0) is 6.42 Å². The second kappa shape index (κ2) is 11.0. The van der Waals surface area contributed by atoms with Crippen LogP contribution in [0, 0.1) is 0 Å². The van der Waals surface area contributed by atoms with E-state index in [1.54, 1.807) is 0 Å². The number of aryl methyl sites for hydroxylation is 1. The third-order valence-electron chi connectivity index (χ3n) is 9.03. The lowest BCUT2D eigenvalue weighted by Crippen LogP contribution is -2.33. The number of benzene rings is 7. The van der Waals surface area contributed by atoms with E-state index in [9.17, 15) is 0 Å². The number of para-hydroxylation sites is 1. The van der Waals surface area contributed by atoms with Crippen LogP contribution in [0.4, 0.5) is 17.1 Å². The first-order valence-corrected chi connectivity index (χ1v) is 15.6. The van der Waals surface area contributed by atoms with E-state index < -0.39 is 0 Å². The molecule has 0 atom stereocenters. The molecule has 1 heteroatoms. The van der Waals surface area contributed by atoms with Crippen molar-refractivity contribution in [1.29, 1.82) is 0 Å². The molecular weight excluding hydrogens is 530 g/mol. The summed E-state index contributed by atoms with van der Waals surface area (Å²) >= 11 is 0. The molecule has 0 bridgehead atoms. The van der Waals surface area contributed by atoms with E-state index in [0.29, 0.717) is 0 Å². The standard InChI is InChI=1S/C43H33N/c1-2-30-28-29-41(35-22-12-11-20-33(30)35)44(32-18-5-3-6-19-32)43-39-25-8-4-7-23-37(39)42(38-24-13-14-26-40(38)43)36-27-15-17-31-16-9-10-21-34(31)36/h3-7,9-29H,2,8H2,1H3. The van der Waals surface area contributed by atoms with Gasteiger partial charge in [0.15, 0.2) is 0 Å². The molecule has 0 fully saturated rings. The fourth-order valence-corrected chi connectivity index (χ4v) is 7.06. The molecule has 1 aliphatic rings. The Hall–Kier alpha value is -5.40. The van der Waals surface area contributed by atoms with Crippen LogP contribution in [0.3, 0.4) is 0 Å². The van der Waals surface area contributed by atoms with Gasteiger partial charge in [0.2, 0.25) is 0 Å². The third kappa shape index (κ3) is 4.24. The smallest absolute Gasteiger partial charge is 0.0616 e. The van der Waals surface area contributed by atoms with E-state index in [0.717, 1.165) is 18.5 Å². The number of hydrogen-bond acceptors (Lipinski definition) is 1. The van der Waals surface area contributed by atoms with Crippen LogP contribution < -0.4 is 15.3 Å². The third-order valence-corrected chi connectivity index (χ3v) is 9.03. The Balaban J connectivity index is 1.56. The molecular formula is C43H33N. The maximum atomic E-state index is 2.51. The van der Waals surface area contributed by atoms with Crippen molar-refractivity contribution >= 4 is 61.5 Å². The minimum absolute atomic E-state index is 0.877. The topological polar surface area (TPSA) is 3.24 Å². The van der Waals surface area contributed by atoms with Gasteiger partial charge in [-0.2, -0.15) is 0 Å². The molecule has 8 rings (SSSR count). The lowest BCUT2D eigenvalue weighted by molar-refractivity contribution is 1.16. The van der Waals surface area contributed by atoms with E-state index >= 15 is 0 Å². The minimum Gasteiger partial charge on any atom is -0.309 e. The molecule has 7 aromatic carbocycles. The van der Waals surface area contributed by atoms with E-state index in [1.807, 2.05) is 0 Å². The van der Waals surface area contributed by atoms with E-state index in [4.69, 9.17) is 0 Å². The quantitative estimate of drug-likeness (QED) is 0.201. The molecule has 1 nitrogen and oxygen atoms in total. The zero-order chi connectivity index (χ0) is 29.5. The van der Waals surface area contributed by atoms with Crippen LogP contribution in [0.2, 0.25) is 0 Å². The van der Waals surface area contributed by atoms with Crippen LogP contribution in [0.5, 0.6) is 0 Å². The molecule has 0 spiro atoms. The van der Waals surface area contributed by atoms with Gasteiger partial charge in [0.25, 0.3) is 0 Å². The van der Waals surface area contributed by atoms with E-state index in [-0.39, 0.29) is 0 Å². The molecule has 0 unspecified atom stereocenters. The van der Waals surface area contributed by atoms with Crippen LogP contribution in [-0.4, -0.2) is 0 Å². The van der Waals surface area contributed by atoms with Crippen LogP contribution >= 0.6 is 0 Å². The monoisotopic (exact) mass is 563 g/mol. The summed E-state index contributed by atoms with van der Waals surface area (Å²) < 4.78 is 0. The predicted molar refractivity (Wildman–Crippen MR) is 190 cm³/mol. The van der Waals surface area contributed by atoms with Crippen molar-refractivity contribution in [2.45, 2.75) is 19.8 Å². The lowest BCUT2D eigenvalue weighted by atomic mass is 9.89. The van der Waals surface area contributed by atoms with E-state index in [1.165, 1.54) is 70.8 Å². The largest absolute Gasteiger partial charge is 0.309 e. The van der Waals surface area contributed by atoms with Gasteiger partial charge in [0.05, 0.1) is 11.4 Å². The Morgan fingerprint density at radius 3 is 2.07 bits per heavy atom. The zero-order valence-electron chi connectivity index (χ0n) is 24.9. The highest BCUT2D eigenvalue weighted by Crippen LogP contribution is 2.42. The maximum Gasteiger partial charge on any atom is 0.0616 e. The normalized spacial score (nSPS) is 12.5.